The summed E-state index contributed by atoms with van der Waals surface area (Å²) >= 11 is 0. The number of fused-ring (bicyclic) bond motifs is 1. The first-order valence-corrected chi connectivity index (χ1v) is 12.7. The molecule has 0 aliphatic carbocycles. The molecule has 1 aliphatic rings. The zero-order valence-electron chi connectivity index (χ0n) is 21.5. The first-order chi connectivity index (χ1) is 19.0. The van der Waals surface area contributed by atoms with Crippen LogP contribution < -0.4 is 19.7 Å². The number of hydrogen-bond acceptors (Lipinski definition) is 6. The number of Topliss-reactive ketones (excluding diaryl/α,β-unsaturated/α-hetero) is 1. The highest BCUT2D eigenvalue weighted by atomic mass is 16.5. The summed E-state index contributed by atoms with van der Waals surface area (Å²) in [5.74, 6) is 0.880. The van der Waals surface area contributed by atoms with Crippen LogP contribution in [-0.4, -0.2) is 37.4 Å². The lowest BCUT2D eigenvalue weighted by atomic mass is 10.1. The molecular weight excluding hydrogens is 496 g/mol. The number of ether oxygens (including phenoxy) is 2. The summed E-state index contributed by atoms with van der Waals surface area (Å²) in [6, 6.07) is 25.5. The van der Waals surface area contributed by atoms with Gasteiger partial charge >= 0.3 is 0 Å². The van der Waals surface area contributed by atoms with E-state index in [4.69, 9.17) is 13.9 Å². The molecular formula is C31H28N2O6. The van der Waals surface area contributed by atoms with E-state index in [2.05, 4.69) is 5.32 Å². The molecule has 1 N–H and O–H groups in total. The van der Waals surface area contributed by atoms with E-state index in [-0.39, 0.29) is 43.1 Å². The van der Waals surface area contributed by atoms with Gasteiger partial charge in [-0.05, 0) is 60.9 Å². The van der Waals surface area contributed by atoms with Gasteiger partial charge in [-0.3, -0.25) is 19.3 Å². The first kappa shape index (κ1) is 25.8. The predicted molar refractivity (Wildman–Crippen MR) is 145 cm³/mol. The monoisotopic (exact) mass is 524 g/mol. The molecule has 0 saturated heterocycles. The van der Waals surface area contributed by atoms with Gasteiger partial charge < -0.3 is 19.2 Å². The molecule has 39 heavy (non-hydrogen) atoms. The predicted octanol–water partition coefficient (Wildman–Crippen LogP) is 4.75. The van der Waals surface area contributed by atoms with E-state index in [1.165, 1.54) is 4.90 Å². The standard InChI is InChI=1S/C31H28N2O6/c1-21-7-5-6-10-27(21)37-19-26(34)23-11-13-28-25(17-23)33(30(35)20-38-28)18-24-12-14-29(39-24)31(36)32-16-15-22-8-3-2-4-9-22/h2-14,17H,15-16,18-20H2,1H3,(H,32,36). The molecule has 0 bridgehead atoms. The van der Waals surface area contributed by atoms with Crippen LogP contribution in [0, 0.1) is 6.92 Å². The van der Waals surface area contributed by atoms with E-state index in [1.807, 2.05) is 61.5 Å². The molecule has 0 saturated carbocycles. The Kier molecular flexibility index (Phi) is 7.73. The number of carbonyl (C=O) groups excluding carboxylic acids is 3. The molecule has 2 amide bonds. The van der Waals surface area contributed by atoms with Crippen molar-refractivity contribution in [2.75, 3.05) is 24.7 Å². The SMILES string of the molecule is Cc1ccccc1OCC(=O)c1ccc2c(c1)N(Cc1ccc(C(=O)NCCc3ccccc3)o1)C(=O)CO2. The molecule has 0 atom stereocenters. The van der Waals surface area contributed by atoms with E-state index in [0.717, 1.165) is 11.1 Å². The lowest BCUT2D eigenvalue weighted by molar-refractivity contribution is -0.121. The van der Waals surface area contributed by atoms with Crippen molar-refractivity contribution in [3.05, 3.63) is 113 Å². The van der Waals surface area contributed by atoms with Crippen LogP contribution in [-0.2, 0) is 17.8 Å². The lowest BCUT2D eigenvalue weighted by Gasteiger charge is -2.29. The Morgan fingerprint density at radius 3 is 2.59 bits per heavy atom. The van der Waals surface area contributed by atoms with Gasteiger partial charge in [-0.2, -0.15) is 0 Å². The second-order valence-corrected chi connectivity index (χ2v) is 9.19. The van der Waals surface area contributed by atoms with Gasteiger partial charge in [-0.25, -0.2) is 0 Å². The molecule has 0 unspecified atom stereocenters. The van der Waals surface area contributed by atoms with Crippen molar-refractivity contribution in [2.45, 2.75) is 19.9 Å². The van der Waals surface area contributed by atoms with Crippen molar-refractivity contribution >= 4 is 23.3 Å². The van der Waals surface area contributed by atoms with Gasteiger partial charge in [0, 0.05) is 12.1 Å². The molecule has 1 aliphatic heterocycles. The normalized spacial score (nSPS) is 12.4. The van der Waals surface area contributed by atoms with E-state index in [0.29, 0.717) is 41.5 Å². The van der Waals surface area contributed by atoms with Crippen molar-refractivity contribution < 1.29 is 28.3 Å². The average molecular weight is 525 g/mol. The van der Waals surface area contributed by atoms with E-state index in [9.17, 15) is 14.4 Å². The zero-order valence-corrected chi connectivity index (χ0v) is 21.5. The number of aryl methyl sites for hydroxylation is 1. The summed E-state index contributed by atoms with van der Waals surface area (Å²) in [5, 5.41) is 2.85. The quantitative estimate of drug-likeness (QED) is 0.301. The number of furan rings is 1. The van der Waals surface area contributed by atoms with Gasteiger partial charge in [-0.1, -0.05) is 48.5 Å². The number of rotatable bonds is 10. The molecule has 1 aromatic heterocycles. The van der Waals surface area contributed by atoms with Crippen LogP contribution >= 0.6 is 0 Å². The third-order valence-electron chi connectivity index (χ3n) is 6.42. The van der Waals surface area contributed by atoms with Gasteiger partial charge in [0.15, 0.2) is 24.8 Å². The van der Waals surface area contributed by atoms with E-state index in [1.54, 1.807) is 30.3 Å². The molecule has 8 heteroatoms. The lowest BCUT2D eigenvalue weighted by Crippen LogP contribution is -2.38. The first-order valence-electron chi connectivity index (χ1n) is 12.7. The third-order valence-corrected chi connectivity index (χ3v) is 6.42. The fraction of sp³-hybridized carbons (Fsp3) is 0.194. The fourth-order valence-corrected chi connectivity index (χ4v) is 4.29. The molecule has 198 valence electrons. The minimum Gasteiger partial charge on any atom is -0.485 e. The molecule has 0 radical (unpaired) electrons. The number of carbonyl (C=O) groups is 3. The van der Waals surface area contributed by atoms with E-state index >= 15 is 0 Å². The van der Waals surface area contributed by atoms with Crippen LogP contribution in [0.25, 0.3) is 0 Å². The Bertz CT molecular complexity index is 1490. The smallest absolute Gasteiger partial charge is 0.287 e. The maximum atomic E-state index is 12.9. The van der Waals surface area contributed by atoms with Gasteiger partial charge in [0.2, 0.25) is 0 Å². The topological polar surface area (TPSA) is 98.1 Å². The highest BCUT2D eigenvalue weighted by Gasteiger charge is 2.28. The molecule has 5 rings (SSSR count). The van der Waals surface area contributed by atoms with Gasteiger partial charge in [0.25, 0.3) is 11.8 Å². The number of amides is 2. The second kappa shape index (κ2) is 11.7. The Balaban J connectivity index is 1.24. The molecule has 3 aromatic carbocycles. The van der Waals surface area contributed by atoms with Crippen molar-refractivity contribution in [2.24, 2.45) is 0 Å². The van der Waals surface area contributed by atoms with Crippen LogP contribution in [0.1, 0.15) is 37.8 Å². The molecule has 0 spiro atoms. The summed E-state index contributed by atoms with van der Waals surface area (Å²) in [7, 11) is 0. The summed E-state index contributed by atoms with van der Waals surface area (Å²) < 4.78 is 17.0. The fourth-order valence-electron chi connectivity index (χ4n) is 4.29. The number of para-hydroxylation sites is 1. The third kappa shape index (κ3) is 6.18. The molecule has 2 heterocycles. The van der Waals surface area contributed by atoms with Gasteiger partial charge in [0.05, 0.1) is 12.2 Å². The molecule has 0 fully saturated rings. The van der Waals surface area contributed by atoms with Crippen LogP contribution in [0.3, 0.4) is 0 Å². The zero-order chi connectivity index (χ0) is 27.2. The minimum absolute atomic E-state index is 0.0871. The Hall–Kier alpha value is -4.85. The Morgan fingerprint density at radius 1 is 0.974 bits per heavy atom. The average Bonchev–Trinajstić information content (AvgIpc) is 3.43. The Labute approximate surface area is 226 Å². The maximum absolute atomic E-state index is 12.9. The number of anilines is 1. The van der Waals surface area contributed by atoms with Gasteiger partial charge in [0.1, 0.15) is 17.3 Å². The largest absolute Gasteiger partial charge is 0.485 e. The minimum atomic E-state index is -0.326. The van der Waals surface area contributed by atoms with Crippen LogP contribution in [0.5, 0.6) is 11.5 Å². The molecule has 8 nitrogen and oxygen atoms in total. The van der Waals surface area contributed by atoms with Crippen molar-refractivity contribution in [3.63, 3.8) is 0 Å². The number of nitrogens with one attached hydrogen (secondary N) is 1. The number of ketones is 1. The molecule has 4 aromatic rings. The van der Waals surface area contributed by atoms with Crippen molar-refractivity contribution in [1.82, 2.24) is 5.32 Å². The summed E-state index contributed by atoms with van der Waals surface area (Å²) in [6.45, 7) is 2.19. The van der Waals surface area contributed by atoms with Crippen LogP contribution in [0.2, 0.25) is 0 Å². The van der Waals surface area contributed by atoms with E-state index < -0.39 is 0 Å². The van der Waals surface area contributed by atoms with Crippen molar-refractivity contribution in [3.8, 4) is 11.5 Å². The van der Waals surface area contributed by atoms with Crippen LogP contribution in [0.15, 0.2) is 89.3 Å². The summed E-state index contributed by atoms with van der Waals surface area (Å²) in [5.41, 5.74) is 2.91. The van der Waals surface area contributed by atoms with Gasteiger partial charge in [-0.15, -0.1) is 0 Å². The van der Waals surface area contributed by atoms with Crippen LogP contribution in [0.4, 0.5) is 5.69 Å². The Morgan fingerprint density at radius 2 is 1.77 bits per heavy atom. The highest BCUT2D eigenvalue weighted by Crippen LogP contribution is 2.34. The highest BCUT2D eigenvalue weighted by molar-refractivity contribution is 6.02. The number of hydrogen-bond donors (Lipinski definition) is 1. The number of benzene rings is 3. The maximum Gasteiger partial charge on any atom is 0.287 e. The second-order valence-electron chi connectivity index (χ2n) is 9.19. The van der Waals surface area contributed by atoms with Crippen molar-refractivity contribution in [1.29, 1.82) is 0 Å². The summed E-state index contributed by atoms with van der Waals surface area (Å²) in [4.78, 5) is 39.7. The number of nitrogens with zero attached hydrogens (tertiary/aromatic N) is 1. The summed E-state index contributed by atoms with van der Waals surface area (Å²) in [6.07, 6.45) is 0.705.